The molecule has 0 N–H and O–H groups in total. The lowest BCUT2D eigenvalue weighted by Gasteiger charge is -2.00. The van der Waals surface area contributed by atoms with Crippen molar-refractivity contribution in [3.63, 3.8) is 0 Å². The van der Waals surface area contributed by atoms with Crippen LogP contribution in [-0.4, -0.2) is 14.2 Å². The van der Waals surface area contributed by atoms with Crippen LogP contribution in [0.15, 0.2) is 28.1 Å². The Labute approximate surface area is 107 Å². The molecule has 0 saturated heterocycles. The predicted octanol–water partition coefficient (Wildman–Crippen LogP) is 3.60. The molecule has 86 valence electrons. The van der Waals surface area contributed by atoms with E-state index in [0.29, 0.717) is 0 Å². The lowest BCUT2D eigenvalue weighted by Crippen LogP contribution is -2.05. The zero-order valence-electron chi connectivity index (χ0n) is 8.73. The molecule has 16 heavy (non-hydrogen) atoms. The first kappa shape index (κ1) is 12.1. The molecular weight excluding hydrogens is 308 g/mol. The second kappa shape index (κ2) is 4.47. The van der Waals surface area contributed by atoms with Crippen molar-refractivity contribution < 1.29 is 8.42 Å². The minimum Gasteiger partial charge on any atom is -0.229 e. The molecule has 0 unspecified atom stereocenters. The first-order valence-electron chi connectivity index (χ1n) is 4.88. The fourth-order valence-electron chi connectivity index (χ4n) is 1.53. The highest BCUT2D eigenvalue weighted by Gasteiger charge is 2.13. The molecule has 0 aliphatic rings. The Morgan fingerprint density at radius 3 is 2.81 bits per heavy atom. The second-order valence-corrected chi connectivity index (χ2v) is 7.64. The average Bonchev–Trinajstić information content (AvgIpc) is 2.63. The molecule has 0 radical (unpaired) electrons. The third kappa shape index (κ3) is 2.31. The first-order chi connectivity index (χ1) is 7.53. The number of rotatable bonds is 3. The van der Waals surface area contributed by atoms with Crippen LogP contribution in [0.5, 0.6) is 0 Å². The summed E-state index contributed by atoms with van der Waals surface area (Å²) in [5.74, 6) is 0.332. The van der Waals surface area contributed by atoms with Gasteiger partial charge in [-0.25, -0.2) is 8.42 Å². The van der Waals surface area contributed by atoms with Gasteiger partial charge >= 0.3 is 0 Å². The quantitative estimate of drug-likeness (QED) is 0.866. The molecule has 0 spiro atoms. The van der Waals surface area contributed by atoms with Crippen LogP contribution in [0, 0.1) is 0 Å². The summed E-state index contributed by atoms with van der Waals surface area (Å²) < 4.78 is 25.3. The van der Waals surface area contributed by atoms with Crippen LogP contribution < -0.4 is 0 Å². The smallest absolute Gasteiger partial charge is 0.154 e. The van der Waals surface area contributed by atoms with E-state index in [-0.39, 0.29) is 11.5 Å². The summed E-state index contributed by atoms with van der Waals surface area (Å²) in [6.07, 6.45) is 0. The van der Waals surface area contributed by atoms with Crippen LogP contribution >= 0.6 is 27.3 Å². The van der Waals surface area contributed by atoms with Crippen LogP contribution in [0.25, 0.3) is 10.1 Å². The lowest BCUT2D eigenvalue weighted by atomic mass is 10.2. The Balaban J connectivity index is 2.51. The van der Waals surface area contributed by atoms with Gasteiger partial charge in [0.15, 0.2) is 9.84 Å². The highest BCUT2D eigenvalue weighted by Crippen LogP contribution is 2.33. The Hall–Kier alpha value is -0.390. The summed E-state index contributed by atoms with van der Waals surface area (Å²) >= 11 is 5.05. The number of sulfone groups is 1. The minimum atomic E-state index is -2.96. The predicted molar refractivity (Wildman–Crippen MR) is 72.7 cm³/mol. The summed E-state index contributed by atoms with van der Waals surface area (Å²) in [5.41, 5.74) is 0.906. The van der Waals surface area contributed by atoms with Crippen molar-refractivity contribution >= 4 is 47.2 Å². The van der Waals surface area contributed by atoms with Gasteiger partial charge in [0, 0.05) is 14.9 Å². The van der Waals surface area contributed by atoms with E-state index >= 15 is 0 Å². The van der Waals surface area contributed by atoms with Gasteiger partial charge in [0.2, 0.25) is 0 Å². The van der Waals surface area contributed by atoms with E-state index in [1.807, 2.05) is 23.6 Å². The third-order valence-corrected chi connectivity index (χ3v) is 6.08. The molecule has 2 rings (SSSR count). The van der Waals surface area contributed by atoms with Crippen LogP contribution in [0.1, 0.15) is 12.5 Å². The fourth-order valence-corrected chi connectivity index (χ4v) is 4.17. The van der Waals surface area contributed by atoms with Crippen molar-refractivity contribution in [1.29, 1.82) is 0 Å². The zero-order chi connectivity index (χ0) is 11.8. The van der Waals surface area contributed by atoms with Crippen molar-refractivity contribution in [2.45, 2.75) is 12.7 Å². The minimum absolute atomic E-state index is 0.139. The molecule has 0 saturated carbocycles. The Morgan fingerprint density at radius 2 is 2.12 bits per heavy atom. The molecule has 5 heteroatoms. The molecule has 0 aliphatic heterocycles. The van der Waals surface area contributed by atoms with Gasteiger partial charge in [-0.3, -0.25) is 0 Å². The van der Waals surface area contributed by atoms with Crippen molar-refractivity contribution in [3.05, 3.63) is 33.6 Å². The van der Waals surface area contributed by atoms with Crippen molar-refractivity contribution in [3.8, 4) is 0 Å². The number of hydrogen-bond acceptors (Lipinski definition) is 3. The van der Waals surface area contributed by atoms with E-state index in [2.05, 4.69) is 15.9 Å². The molecule has 0 bridgehead atoms. The maximum Gasteiger partial charge on any atom is 0.154 e. The molecular formula is C11H11BrO2S2. The lowest BCUT2D eigenvalue weighted by molar-refractivity contribution is 0.596. The normalized spacial score (nSPS) is 12.1. The van der Waals surface area contributed by atoms with E-state index in [4.69, 9.17) is 0 Å². The van der Waals surface area contributed by atoms with Gasteiger partial charge in [-0.15, -0.1) is 11.3 Å². The molecule has 1 heterocycles. The SMILES string of the molecule is CCS(=O)(=O)Cc1csc2c(Br)cccc12. The highest BCUT2D eigenvalue weighted by atomic mass is 79.9. The summed E-state index contributed by atoms with van der Waals surface area (Å²) in [5, 5.41) is 2.97. The van der Waals surface area contributed by atoms with E-state index in [1.54, 1.807) is 18.3 Å². The third-order valence-electron chi connectivity index (χ3n) is 2.45. The van der Waals surface area contributed by atoms with Gasteiger partial charge in [-0.1, -0.05) is 19.1 Å². The number of hydrogen-bond donors (Lipinski definition) is 0. The number of thiophene rings is 1. The van der Waals surface area contributed by atoms with Gasteiger partial charge in [0.25, 0.3) is 0 Å². The maximum absolute atomic E-state index is 11.6. The maximum atomic E-state index is 11.6. The van der Waals surface area contributed by atoms with Gasteiger partial charge < -0.3 is 0 Å². The number of halogens is 1. The van der Waals surface area contributed by atoms with Crippen molar-refractivity contribution in [2.75, 3.05) is 5.75 Å². The first-order valence-corrected chi connectivity index (χ1v) is 8.38. The molecule has 1 aromatic carbocycles. The van der Waals surface area contributed by atoms with E-state index in [0.717, 1.165) is 20.1 Å². The molecule has 0 atom stereocenters. The molecule has 2 aromatic rings. The fraction of sp³-hybridized carbons (Fsp3) is 0.273. The molecule has 0 amide bonds. The average molecular weight is 319 g/mol. The standard InChI is InChI=1S/C11H11BrO2S2/c1-2-16(13,14)7-8-6-15-11-9(8)4-3-5-10(11)12/h3-6H,2,7H2,1H3. The van der Waals surface area contributed by atoms with Gasteiger partial charge in [0.1, 0.15) is 0 Å². The highest BCUT2D eigenvalue weighted by molar-refractivity contribution is 9.10. The Morgan fingerprint density at radius 1 is 1.38 bits per heavy atom. The van der Waals surface area contributed by atoms with Crippen LogP contribution in [-0.2, 0) is 15.6 Å². The van der Waals surface area contributed by atoms with Gasteiger partial charge in [-0.2, -0.15) is 0 Å². The van der Waals surface area contributed by atoms with Gasteiger partial charge in [0.05, 0.1) is 5.75 Å². The van der Waals surface area contributed by atoms with Gasteiger partial charge in [-0.05, 0) is 38.3 Å². The van der Waals surface area contributed by atoms with E-state index in [1.165, 1.54) is 0 Å². The topological polar surface area (TPSA) is 34.1 Å². The molecule has 0 fully saturated rings. The van der Waals surface area contributed by atoms with E-state index < -0.39 is 9.84 Å². The number of fused-ring (bicyclic) bond motifs is 1. The summed E-state index contributed by atoms with van der Waals surface area (Å²) in [6, 6.07) is 5.87. The molecule has 2 nitrogen and oxygen atoms in total. The van der Waals surface area contributed by atoms with Crippen molar-refractivity contribution in [2.24, 2.45) is 0 Å². The summed E-state index contributed by atoms with van der Waals surface area (Å²) in [7, 11) is -2.96. The zero-order valence-corrected chi connectivity index (χ0v) is 12.0. The largest absolute Gasteiger partial charge is 0.229 e. The summed E-state index contributed by atoms with van der Waals surface area (Å²) in [6.45, 7) is 1.68. The Bertz CT molecular complexity index is 614. The Kier molecular flexibility index (Phi) is 3.37. The summed E-state index contributed by atoms with van der Waals surface area (Å²) in [4.78, 5) is 0. The number of benzene rings is 1. The van der Waals surface area contributed by atoms with Crippen LogP contribution in [0.3, 0.4) is 0 Å². The molecule has 0 aliphatic carbocycles. The van der Waals surface area contributed by atoms with Crippen molar-refractivity contribution in [1.82, 2.24) is 0 Å². The van der Waals surface area contributed by atoms with E-state index in [9.17, 15) is 8.42 Å². The van der Waals surface area contributed by atoms with Crippen LogP contribution in [0.4, 0.5) is 0 Å². The second-order valence-electron chi connectivity index (χ2n) is 3.55. The monoisotopic (exact) mass is 318 g/mol. The van der Waals surface area contributed by atoms with Crippen LogP contribution in [0.2, 0.25) is 0 Å². The molecule has 1 aromatic heterocycles.